The summed E-state index contributed by atoms with van der Waals surface area (Å²) in [6.45, 7) is 6.57. The molecule has 3 N–H and O–H groups in total. The number of rotatable bonds is 7. The zero-order valence-electron chi connectivity index (χ0n) is 19.8. The number of benzene rings is 1. The van der Waals surface area contributed by atoms with Gasteiger partial charge in [-0.05, 0) is 44.2 Å². The van der Waals surface area contributed by atoms with Crippen LogP contribution in [0.15, 0.2) is 55.0 Å². The van der Waals surface area contributed by atoms with Crippen molar-refractivity contribution in [3.05, 3.63) is 65.7 Å². The molecule has 1 fully saturated rings. The van der Waals surface area contributed by atoms with Gasteiger partial charge in [-0.2, -0.15) is 0 Å². The molecule has 0 saturated carbocycles. The SMILES string of the molecule is CC1(C)CN(CC(=O)NCc2ccccn2)[C@H](CNc2cc(Cl)cc3c2[nH]c2cnccc23)CO1. The first kappa shape index (κ1) is 23.5. The molecule has 1 aromatic carbocycles. The highest BCUT2D eigenvalue weighted by atomic mass is 35.5. The first-order valence-corrected chi connectivity index (χ1v) is 12.1. The molecule has 0 spiro atoms. The Balaban J connectivity index is 1.30. The highest BCUT2D eigenvalue weighted by Crippen LogP contribution is 2.33. The van der Waals surface area contributed by atoms with Gasteiger partial charge in [0.25, 0.3) is 0 Å². The van der Waals surface area contributed by atoms with E-state index >= 15 is 0 Å². The first-order valence-electron chi connectivity index (χ1n) is 11.7. The van der Waals surface area contributed by atoms with Gasteiger partial charge in [-0.3, -0.25) is 19.7 Å². The average molecular weight is 493 g/mol. The lowest BCUT2D eigenvalue weighted by atomic mass is 10.0. The highest BCUT2D eigenvalue weighted by molar-refractivity contribution is 6.32. The fourth-order valence-corrected chi connectivity index (χ4v) is 4.80. The van der Waals surface area contributed by atoms with Crippen LogP contribution in [0.3, 0.4) is 0 Å². The maximum Gasteiger partial charge on any atom is 0.234 e. The van der Waals surface area contributed by atoms with Crippen LogP contribution in [0.4, 0.5) is 5.69 Å². The van der Waals surface area contributed by atoms with Gasteiger partial charge in [0.05, 0.1) is 60.0 Å². The van der Waals surface area contributed by atoms with Crippen molar-refractivity contribution in [2.45, 2.75) is 32.0 Å². The van der Waals surface area contributed by atoms with Crippen molar-refractivity contribution in [3.8, 4) is 0 Å². The van der Waals surface area contributed by atoms with Crippen molar-refractivity contribution in [3.63, 3.8) is 0 Å². The van der Waals surface area contributed by atoms with Crippen LogP contribution in [0.25, 0.3) is 21.8 Å². The number of anilines is 1. The van der Waals surface area contributed by atoms with Crippen LogP contribution in [-0.4, -0.2) is 63.6 Å². The van der Waals surface area contributed by atoms with E-state index in [2.05, 4.69) is 44.3 Å². The van der Waals surface area contributed by atoms with Gasteiger partial charge in [0.15, 0.2) is 0 Å². The van der Waals surface area contributed by atoms with Gasteiger partial charge < -0.3 is 20.4 Å². The molecule has 4 aromatic rings. The Labute approximate surface area is 209 Å². The second kappa shape index (κ2) is 9.81. The second-order valence-electron chi connectivity index (χ2n) is 9.53. The van der Waals surface area contributed by atoms with E-state index in [4.69, 9.17) is 16.3 Å². The van der Waals surface area contributed by atoms with Crippen molar-refractivity contribution in [2.24, 2.45) is 0 Å². The molecular weight excluding hydrogens is 464 g/mol. The summed E-state index contributed by atoms with van der Waals surface area (Å²) < 4.78 is 6.10. The minimum absolute atomic E-state index is 0.0173. The lowest BCUT2D eigenvalue weighted by Gasteiger charge is -2.43. The Morgan fingerprint density at radius 2 is 2.14 bits per heavy atom. The molecule has 4 heterocycles. The Hall–Kier alpha value is -3.20. The Morgan fingerprint density at radius 3 is 2.97 bits per heavy atom. The van der Waals surface area contributed by atoms with E-state index in [0.29, 0.717) is 31.3 Å². The number of carbonyl (C=O) groups excluding carboxylic acids is 1. The molecule has 1 amide bonds. The number of aromatic amines is 1. The second-order valence-corrected chi connectivity index (χ2v) is 9.97. The number of pyridine rings is 2. The van der Waals surface area contributed by atoms with E-state index in [1.54, 1.807) is 12.4 Å². The molecule has 1 aliphatic heterocycles. The quantitative estimate of drug-likeness (QED) is 0.361. The summed E-state index contributed by atoms with van der Waals surface area (Å²) in [6, 6.07) is 11.6. The molecule has 1 aliphatic rings. The summed E-state index contributed by atoms with van der Waals surface area (Å²) in [5.41, 5.74) is 3.36. The number of H-pyrrole nitrogens is 1. The maximum absolute atomic E-state index is 12.8. The Bertz CT molecular complexity index is 1340. The van der Waals surface area contributed by atoms with Gasteiger partial charge in [0.1, 0.15) is 0 Å². The van der Waals surface area contributed by atoms with E-state index in [-0.39, 0.29) is 24.1 Å². The molecule has 0 aliphatic carbocycles. The topological polar surface area (TPSA) is 95.2 Å². The number of fused-ring (bicyclic) bond motifs is 3. The normalized spacial score (nSPS) is 18.1. The minimum atomic E-state index is -0.328. The van der Waals surface area contributed by atoms with Crippen molar-refractivity contribution in [1.82, 2.24) is 25.2 Å². The predicted molar refractivity (Wildman–Crippen MR) is 139 cm³/mol. The Kier molecular flexibility index (Phi) is 6.60. The molecule has 0 bridgehead atoms. The summed E-state index contributed by atoms with van der Waals surface area (Å²) in [6.07, 6.45) is 5.32. The van der Waals surface area contributed by atoms with E-state index in [1.165, 1.54) is 0 Å². The summed E-state index contributed by atoms with van der Waals surface area (Å²) in [5, 5.41) is 9.31. The van der Waals surface area contributed by atoms with Gasteiger partial charge in [-0.1, -0.05) is 17.7 Å². The summed E-state index contributed by atoms with van der Waals surface area (Å²) >= 11 is 6.46. The molecule has 8 nitrogen and oxygen atoms in total. The van der Waals surface area contributed by atoms with E-state index in [0.717, 1.165) is 33.2 Å². The first-order chi connectivity index (χ1) is 16.9. The third kappa shape index (κ3) is 5.40. The molecule has 9 heteroatoms. The highest BCUT2D eigenvalue weighted by Gasteiger charge is 2.34. The maximum atomic E-state index is 12.8. The van der Waals surface area contributed by atoms with Crippen LogP contribution >= 0.6 is 11.6 Å². The van der Waals surface area contributed by atoms with Crippen LogP contribution in [-0.2, 0) is 16.1 Å². The average Bonchev–Trinajstić information content (AvgIpc) is 3.21. The molecule has 1 saturated heterocycles. The number of nitrogens with zero attached hydrogens (tertiary/aromatic N) is 3. The van der Waals surface area contributed by atoms with E-state index in [1.807, 2.05) is 42.6 Å². The number of amides is 1. The molecular formula is C26H29ClN6O2. The van der Waals surface area contributed by atoms with E-state index in [9.17, 15) is 4.79 Å². The number of hydrogen-bond acceptors (Lipinski definition) is 6. The lowest BCUT2D eigenvalue weighted by Crippen LogP contribution is -2.58. The largest absolute Gasteiger partial charge is 0.382 e. The molecule has 35 heavy (non-hydrogen) atoms. The number of ether oxygens (including phenoxy) is 1. The molecule has 182 valence electrons. The smallest absolute Gasteiger partial charge is 0.234 e. The zero-order chi connectivity index (χ0) is 24.4. The van der Waals surface area contributed by atoms with Gasteiger partial charge in [0.2, 0.25) is 5.91 Å². The molecule has 0 unspecified atom stereocenters. The van der Waals surface area contributed by atoms with E-state index < -0.39 is 0 Å². The predicted octanol–water partition coefficient (Wildman–Crippen LogP) is 3.97. The van der Waals surface area contributed by atoms with Gasteiger partial charge in [-0.25, -0.2) is 0 Å². The minimum Gasteiger partial charge on any atom is -0.382 e. The number of carbonyl (C=O) groups is 1. The van der Waals surface area contributed by atoms with Crippen molar-refractivity contribution in [1.29, 1.82) is 0 Å². The number of morpholine rings is 1. The van der Waals surface area contributed by atoms with Crippen molar-refractivity contribution < 1.29 is 9.53 Å². The number of halogens is 1. The van der Waals surface area contributed by atoms with Crippen molar-refractivity contribution >= 4 is 45.0 Å². The number of nitrogens with one attached hydrogen (secondary N) is 3. The van der Waals surface area contributed by atoms with Crippen LogP contribution in [0.1, 0.15) is 19.5 Å². The summed E-state index contributed by atoms with van der Waals surface area (Å²) in [4.78, 5) is 26.9. The third-order valence-corrected chi connectivity index (χ3v) is 6.53. The Morgan fingerprint density at radius 1 is 1.26 bits per heavy atom. The van der Waals surface area contributed by atoms with Crippen LogP contribution in [0.2, 0.25) is 5.02 Å². The van der Waals surface area contributed by atoms with Crippen LogP contribution < -0.4 is 10.6 Å². The van der Waals surface area contributed by atoms with Crippen LogP contribution in [0.5, 0.6) is 0 Å². The molecule has 3 aromatic heterocycles. The summed E-state index contributed by atoms with van der Waals surface area (Å²) in [7, 11) is 0. The monoisotopic (exact) mass is 492 g/mol. The standard InChI is InChI=1S/C26H29ClN6O2/c1-26(2)16-33(14-24(34)31-11-18-5-3-4-7-29-18)19(15-35-26)12-30-22-10-17(27)9-21-20-6-8-28-13-23(20)32-25(21)22/h3-10,13,19,30,32H,11-12,14-16H2,1-2H3,(H,31,34)/t19-/m1/s1. The number of aromatic nitrogens is 3. The zero-order valence-corrected chi connectivity index (χ0v) is 20.6. The lowest BCUT2D eigenvalue weighted by molar-refractivity contribution is -0.133. The van der Waals surface area contributed by atoms with Gasteiger partial charge in [0, 0.05) is 41.3 Å². The van der Waals surface area contributed by atoms with Gasteiger partial charge >= 0.3 is 0 Å². The third-order valence-electron chi connectivity index (χ3n) is 6.31. The fraction of sp³-hybridized carbons (Fsp3) is 0.346. The molecule has 0 radical (unpaired) electrons. The van der Waals surface area contributed by atoms with Gasteiger partial charge in [-0.15, -0.1) is 0 Å². The van der Waals surface area contributed by atoms with Crippen LogP contribution in [0, 0.1) is 0 Å². The molecule has 1 atom stereocenters. The molecule has 5 rings (SSSR count). The summed E-state index contributed by atoms with van der Waals surface area (Å²) in [5.74, 6) is -0.0355. The fourth-order valence-electron chi connectivity index (χ4n) is 4.58. The number of hydrogen-bond donors (Lipinski definition) is 3. The van der Waals surface area contributed by atoms with Crippen molar-refractivity contribution in [2.75, 3.05) is 31.6 Å².